The fraction of sp³-hybridized carbons (Fsp3) is 0.600. The van der Waals surface area contributed by atoms with E-state index in [0.717, 1.165) is 42.5 Å². The zero-order chi connectivity index (χ0) is 16.1. The summed E-state index contributed by atoms with van der Waals surface area (Å²) in [5, 5.41) is 3.16. The standard InChI is InChI=1S/C15H19Cl2NO3S/c1-2-21-15(20)11-9-7-5-3-4-6-8-10(9)22-14(11)18-13(19)12(16)17/h12H,2-8H2,1H3,(H,18,19). The molecule has 0 unspecified atom stereocenters. The van der Waals surface area contributed by atoms with Gasteiger partial charge >= 0.3 is 5.97 Å². The highest BCUT2D eigenvalue weighted by Gasteiger charge is 2.27. The van der Waals surface area contributed by atoms with Crippen LogP contribution in [0, 0.1) is 0 Å². The van der Waals surface area contributed by atoms with Gasteiger partial charge in [-0.2, -0.15) is 0 Å². The Bertz CT molecular complexity index is 557. The maximum absolute atomic E-state index is 12.3. The number of rotatable bonds is 4. The molecule has 0 spiro atoms. The van der Waals surface area contributed by atoms with Crippen molar-refractivity contribution in [1.82, 2.24) is 0 Å². The monoisotopic (exact) mass is 363 g/mol. The van der Waals surface area contributed by atoms with Gasteiger partial charge in [0.25, 0.3) is 5.91 Å². The van der Waals surface area contributed by atoms with E-state index >= 15 is 0 Å². The minimum atomic E-state index is -1.17. The van der Waals surface area contributed by atoms with Crippen molar-refractivity contribution in [2.75, 3.05) is 11.9 Å². The van der Waals surface area contributed by atoms with Crippen LogP contribution in [0.3, 0.4) is 0 Å². The molecule has 1 aliphatic rings. The lowest BCUT2D eigenvalue weighted by molar-refractivity contribution is -0.114. The van der Waals surface area contributed by atoms with Crippen molar-refractivity contribution in [3.05, 3.63) is 16.0 Å². The fourth-order valence-electron chi connectivity index (χ4n) is 2.59. The van der Waals surface area contributed by atoms with E-state index in [1.165, 1.54) is 17.8 Å². The highest BCUT2D eigenvalue weighted by molar-refractivity contribution is 7.17. The molecule has 0 bridgehead atoms. The molecular weight excluding hydrogens is 345 g/mol. The van der Waals surface area contributed by atoms with Gasteiger partial charge in [0.15, 0.2) is 4.84 Å². The van der Waals surface area contributed by atoms with Crippen molar-refractivity contribution in [2.24, 2.45) is 0 Å². The Morgan fingerprint density at radius 2 is 1.91 bits per heavy atom. The molecule has 0 fully saturated rings. The smallest absolute Gasteiger partial charge is 0.341 e. The van der Waals surface area contributed by atoms with Gasteiger partial charge in [0.05, 0.1) is 12.2 Å². The van der Waals surface area contributed by atoms with Crippen molar-refractivity contribution < 1.29 is 14.3 Å². The number of nitrogens with one attached hydrogen (secondary N) is 1. The quantitative estimate of drug-likeness (QED) is 0.639. The van der Waals surface area contributed by atoms with Crippen LogP contribution in [0.1, 0.15) is 53.4 Å². The number of ether oxygens (including phenoxy) is 1. The Balaban J connectivity index is 2.39. The van der Waals surface area contributed by atoms with Gasteiger partial charge in [-0.15, -0.1) is 11.3 Å². The van der Waals surface area contributed by atoms with Gasteiger partial charge in [-0.3, -0.25) is 4.79 Å². The van der Waals surface area contributed by atoms with Crippen LogP contribution in [0.25, 0.3) is 0 Å². The Labute approximate surface area is 144 Å². The average molecular weight is 364 g/mol. The number of anilines is 1. The second-order valence-corrected chi connectivity index (χ2v) is 7.33. The van der Waals surface area contributed by atoms with Gasteiger partial charge in [-0.05, 0) is 38.2 Å². The van der Waals surface area contributed by atoms with Crippen LogP contribution in [0.5, 0.6) is 0 Å². The summed E-state index contributed by atoms with van der Waals surface area (Å²) < 4.78 is 5.16. The number of alkyl halides is 2. The van der Waals surface area contributed by atoms with E-state index in [9.17, 15) is 9.59 Å². The second kappa shape index (κ2) is 8.18. The maximum Gasteiger partial charge on any atom is 0.341 e. The van der Waals surface area contributed by atoms with Crippen molar-refractivity contribution in [1.29, 1.82) is 0 Å². The first-order valence-corrected chi connectivity index (χ1v) is 9.14. The summed E-state index contributed by atoms with van der Waals surface area (Å²) in [4.78, 5) is 24.1. The zero-order valence-electron chi connectivity index (χ0n) is 12.4. The molecule has 1 heterocycles. The van der Waals surface area contributed by atoms with Gasteiger partial charge in [0.2, 0.25) is 0 Å². The Morgan fingerprint density at radius 1 is 1.23 bits per heavy atom. The molecule has 7 heteroatoms. The Kier molecular flexibility index (Phi) is 6.53. The number of carbonyl (C=O) groups excluding carboxylic acids is 2. The molecule has 22 heavy (non-hydrogen) atoms. The first-order valence-electron chi connectivity index (χ1n) is 7.45. The zero-order valence-corrected chi connectivity index (χ0v) is 14.7. The summed E-state index contributed by atoms with van der Waals surface area (Å²) in [7, 11) is 0. The van der Waals surface area contributed by atoms with E-state index < -0.39 is 16.7 Å². The maximum atomic E-state index is 12.3. The SMILES string of the molecule is CCOC(=O)c1c(NC(=O)C(Cl)Cl)sc2c1CCCCCC2. The van der Waals surface area contributed by atoms with Gasteiger partial charge < -0.3 is 10.1 Å². The summed E-state index contributed by atoms with van der Waals surface area (Å²) in [6.45, 7) is 2.06. The van der Waals surface area contributed by atoms with Crippen LogP contribution >= 0.6 is 34.5 Å². The molecule has 1 N–H and O–H groups in total. The average Bonchev–Trinajstić information content (AvgIpc) is 2.76. The molecule has 122 valence electrons. The molecular formula is C15H19Cl2NO3S. The first kappa shape index (κ1) is 17.6. The third-order valence-electron chi connectivity index (χ3n) is 3.59. The molecule has 1 aromatic rings. The van der Waals surface area contributed by atoms with E-state index in [-0.39, 0.29) is 0 Å². The third kappa shape index (κ3) is 4.15. The van der Waals surface area contributed by atoms with Crippen LogP contribution < -0.4 is 5.32 Å². The van der Waals surface area contributed by atoms with Crippen molar-refractivity contribution in [3.8, 4) is 0 Å². The number of fused-ring (bicyclic) bond motifs is 1. The summed E-state index contributed by atoms with van der Waals surface area (Å²) in [5.41, 5.74) is 1.49. The largest absolute Gasteiger partial charge is 0.462 e. The minimum absolute atomic E-state index is 0.296. The molecule has 1 aromatic heterocycles. The van der Waals surface area contributed by atoms with Gasteiger partial charge in [-0.1, -0.05) is 36.0 Å². The molecule has 1 amide bonds. The molecule has 0 saturated heterocycles. The summed E-state index contributed by atoms with van der Waals surface area (Å²) in [5.74, 6) is -0.917. The number of esters is 1. The Morgan fingerprint density at radius 3 is 2.55 bits per heavy atom. The summed E-state index contributed by atoms with van der Waals surface area (Å²) in [6.07, 6.45) is 6.24. The first-order chi connectivity index (χ1) is 10.5. The normalized spacial score (nSPS) is 14.9. The predicted octanol–water partition coefficient (Wildman–Crippen LogP) is 4.33. The number of hydrogen-bond donors (Lipinski definition) is 1. The molecule has 0 atom stereocenters. The van der Waals surface area contributed by atoms with E-state index in [1.54, 1.807) is 6.92 Å². The van der Waals surface area contributed by atoms with Crippen LogP contribution in [-0.2, 0) is 22.4 Å². The van der Waals surface area contributed by atoms with Gasteiger partial charge in [-0.25, -0.2) is 4.79 Å². The minimum Gasteiger partial charge on any atom is -0.462 e. The molecule has 1 aliphatic carbocycles. The second-order valence-electron chi connectivity index (χ2n) is 5.13. The number of aryl methyl sites for hydroxylation is 1. The topological polar surface area (TPSA) is 55.4 Å². The van der Waals surface area contributed by atoms with Gasteiger partial charge in [0.1, 0.15) is 5.00 Å². The lowest BCUT2D eigenvalue weighted by Gasteiger charge is -2.11. The predicted molar refractivity (Wildman–Crippen MR) is 90.3 cm³/mol. The summed E-state index contributed by atoms with van der Waals surface area (Å²) >= 11 is 12.6. The lowest BCUT2D eigenvalue weighted by Crippen LogP contribution is -2.20. The van der Waals surface area contributed by atoms with Crippen LogP contribution in [0.2, 0.25) is 0 Å². The van der Waals surface area contributed by atoms with E-state index in [2.05, 4.69) is 5.32 Å². The number of hydrogen-bond acceptors (Lipinski definition) is 4. The van der Waals surface area contributed by atoms with Crippen molar-refractivity contribution >= 4 is 51.4 Å². The van der Waals surface area contributed by atoms with Crippen molar-refractivity contribution in [2.45, 2.75) is 50.3 Å². The van der Waals surface area contributed by atoms with Crippen LogP contribution in [0.15, 0.2) is 0 Å². The van der Waals surface area contributed by atoms with Crippen LogP contribution in [0.4, 0.5) is 5.00 Å². The Hall–Kier alpha value is -0.780. The van der Waals surface area contributed by atoms with Crippen LogP contribution in [-0.4, -0.2) is 23.3 Å². The molecule has 0 radical (unpaired) electrons. The molecule has 0 aromatic carbocycles. The van der Waals surface area contributed by atoms with E-state index in [0.29, 0.717) is 17.2 Å². The molecule has 2 rings (SSSR count). The van der Waals surface area contributed by atoms with Gasteiger partial charge in [0, 0.05) is 4.88 Å². The number of amides is 1. The number of thiophene rings is 1. The molecule has 0 aliphatic heterocycles. The molecule has 4 nitrogen and oxygen atoms in total. The number of carbonyl (C=O) groups is 2. The fourth-order valence-corrected chi connectivity index (χ4v) is 3.98. The number of halogens is 2. The highest BCUT2D eigenvalue weighted by atomic mass is 35.5. The highest BCUT2D eigenvalue weighted by Crippen LogP contribution is 2.37. The van der Waals surface area contributed by atoms with E-state index in [4.69, 9.17) is 27.9 Å². The molecule has 0 saturated carbocycles. The third-order valence-corrected chi connectivity index (χ3v) is 5.19. The lowest BCUT2D eigenvalue weighted by atomic mass is 9.96. The summed E-state index contributed by atoms with van der Waals surface area (Å²) in [6, 6.07) is 0. The van der Waals surface area contributed by atoms with Crippen molar-refractivity contribution in [3.63, 3.8) is 0 Å². The van der Waals surface area contributed by atoms with E-state index in [1.807, 2.05) is 0 Å².